The summed E-state index contributed by atoms with van der Waals surface area (Å²) in [7, 11) is 0. The second-order valence-corrected chi connectivity index (χ2v) is 6.87. The highest BCUT2D eigenvalue weighted by atomic mass is 14.3. The molecule has 0 spiro atoms. The number of hydrogen-bond acceptors (Lipinski definition) is 0. The molecule has 17 heavy (non-hydrogen) atoms. The summed E-state index contributed by atoms with van der Waals surface area (Å²) < 4.78 is 0. The fourth-order valence-corrected chi connectivity index (χ4v) is 3.78. The Morgan fingerprint density at radius 1 is 0.941 bits per heavy atom. The molecule has 0 radical (unpaired) electrons. The zero-order valence-electron chi connectivity index (χ0n) is 12.8. The first kappa shape index (κ1) is 15.1. The molecule has 0 N–H and O–H groups in total. The second kappa shape index (κ2) is 7.44. The summed E-state index contributed by atoms with van der Waals surface area (Å²) in [5.74, 6) is 4.84. The van der Waals surface area contributed by atoms with Crippen LogP contribution in [0.1, 0.15) is 79.6 Å². The van der Waals surface area contributed by atoms with Gasteiger partial charge >= 0.3 is 0 Å². The van der Waals surface area contributed by atoms with Gasteiger partial charge < -0.3 is 0 Å². The van der Waals surface area contributed by atoms with Crippen molar-refractivity contribution in [1.82, 2.24) is 0 Å². The standard InChI is InChI=1S/C17H34/c1-6-8-13(2)14(3)11-12-16(5)17-10-7-9-15(17)4/h13-17H,6-12H2,1-5H3. The third-order valence-electron chi connectivity index (χ3n) is 5.45. The van der Waals surface area contributed by atoms with Crippen molar-refractivity contribution < 1.29 is 0 Å². The van der Waals surface area contributed by atoms with Crippen molar-refractivity contribution in [3.63, 3.8) is 0 Å². The molecule has 1 aliphatic rings. The van der Waals surface area contributed by atoms with Crippen LogP contribution in [0.4, 0.5) is 0 Å². The molecule has 1 rings (SSSR count). The van der Waals surface area contributed by atoms with Crippen LogP contribution in [0.15, 0.2) is 0 Å². The molecule has 5 unspecified atom stereocenters. The van der Waals surface area contributed by atoms with Gasteiger partial charge in [0.15, 0.2) is 0 Å². The zero-order valence-corrected chi connectivity index (χ0v) is 12.8. The maximum Gasteiger partial charge on any atom is -0.0363 e. The average Bonchev–Trinajstić information content (AvgIpc) is 2.72. The Bertz CT molecular complexity index is 196. The van der Waals surface area contributed by atoms with Crippen LogP contribution in [-0.2, 0) is 0 Å². The van der Waals surface area contributed by atoms with E-state index in [-0.39, 0.29) is 0 Å². The van der Waals surface area contributed by atoms with Crippen molar-refractivity contribution in [3.8, 4) is 0 Å². The van der Waals surface area contributed by atoms with E-state index in [1.54, 1.807) is 0 Å². The average molecular weight is 238 g/mol. The summed E-state index contributed by atoms with van der Waals surface area (Å²) in [6.45, 7) is 12.2. The summed E-state index contributed by atoms with van der Waals surface area (Å²) in [5.41, 5.74) is 0. The third kappa shape index (κ3) is 4.64. The van der Waals surface area contributed by atoms with Crippen molar-refractivity contribution in [2.45, 2.75) is 79.6 Å². The minimum absolute atomic E-state index is 0.924. The second-order valence-electron chi connectivity index (χ2n) is 6.87. The maximum atomic E-state index is 2.50. The minimum Gasteiger partial charge on any atom is -0.0654 e. The highest BCUT2D eigenvalue weighted by Gasteiger charge is 2.28. The van der Waals surface area contributed by atoms with Gasteiger partial charge in [0, 0.05) is 0 Å². The van der Waals surface area contributed by atoms with Crippen LogP contribution in [-0.4, -0.2) is 0 Å². The summed E-state index contributed by atoms with van der Waals surface area (Å²) >= 11 is 0. The van der Waals surface area contributed by atoms with E-state index >= 15 is 0 Å². The Balaban J connectivity index is 2.25. The zero-order chi connectivity index (χ0) is 12.8. The van der Waals surface area contributed by atoms with Crippen LogP contribution in [0.25, 0.3) is 0 Å². The Kier molecular flexibility index (Phi) is 6.59. The van der Waals surface area contributed by atoms with E-state index in [0.29, 0.717) is 0 Å². The van der Waals surface area contributed by atoms with Gasteiger partial charge in [-0.05, 0) is 36.0 Å². The van der Waals surface area contributed by atoms with Crippen LogP contribution < -0.4 is 0 Å². The third-order valence-corrected chi connectivity index (χ3v) is 5.45. The molecule has 0 heterocycles. The van der Waals surface area contributed by atoms with Crippen molar-refractivity contribution in [2.75, 3.05) is 0 Å². The first-order chi connectivity index (χ1) is 8.06. The summed E-state index contributed by atoms with van der Waals surface area (Å²) in [6.07, 6.45) is 10.1. The monoisotopic (exact) mass is 238 g/mol. The Morgan fingerprint density at radius 3 is 2.12 bits per heavy atom. The van der Waals surface area contributed by atoms with Crippen molar-refractivity contribution in [3.05, 3.63) is 0 Å². The normalized spacial score (nSPS) is 30.2. The molecule has 0 aromatic rings. The van der Waals surface area contributed by atoms with Crippen LogP contribution in [0, 0.1) is 29.6 Å². The molecule has 1 aliphatic carbocycles. The number of hydrogen-bond donors (Lipinski definition) is 0. The van der Waals surface area contributed by atoms with Gasteiger partial charge in [-0.1, -0.05) is 73.1 Å². The van der Waals surface area contributed by atoms with Crippen LogP contribution in [0.3, 0.4) is 0 Å². The van der Waals surface area contributed by atoms with E-state index in [1.807, 2.05) is 0 Å². The van der Waals surface area contributed by atoms with E-state index in [1.165, 1.54) is 44.9 Å². The van der Waals surface area contributed by atoms with E-state index in [2.05, 4.69) is 34.6 Å². The predicted octanol–water partition coefficient (Wildman–Crippen LogP) is 5.91. The molecule has 0 amide bonds. The molecule has 0 aromatic heterocycles. The summed E-state index contributed by atoms with van der Waals surface area (Å²) in [6, 6.07) is 0. The molecule has 102 valence electrons. The summed E-state index contributed by atoms with van der Waals surface area (Å²) in [5, 5.41) is 0. The highest BCUT2D eigenvalue weighted by molar-refractivity contribution is 4.79. The van der Waals surface area contributed by atoms with Crippen LogP contribution >= 0.6 is 0 Å². The van der Waals surface area contributed by atoms with Gasteiger partial charge in [-0.25, -0.2) is 0 Å². The lowest BCUT2D eigenvalue weighted by molar-refractivity contribution is 0.243. The molecule has 1 fully saturated rings. The SMILES string of the molecule is CCCC(C)C(C)CCC(C)C1CCCC1C. The van der Waals surface area contributed by atoms with Crippen LogP contribution in [0.5, 0.6) is 0 Å². The lowest BCUT2D eigenvalue weighted by Crippen LogP contribution is -2.16. The molecule has 0 nitrogen and oxygen atoms in total. The van der Waals surface area contributed by atoms with Gasteiger partial charge in [0.05, 0.1) is 0 Å². The highest BCUT2D eigenvalue weighted by Crippen LogP contribution is 2.39. The molecule has 5 atom stereocenters. The fourth-order valence-electron chi connectivity index (χ4n) is 3.78. The molecular formula is C17H34. The smallest absolute Gasteiger partial charge is 0.0363 e. The van der Waals surface area contributed by atoms with Crippen molar-refractivity contribution in [1.29, 1.82) is 0 Å². The Morgan fingerprint density at radius 2 is 1.59 bits per heavy atom. The van der Waals surface area contributed by atoms with Gasteiger partial charge in [0.2, 0.25) is 0 Å². The molecule has 0 saturated heterocycles. The first-order valence-corrected chi connectivity index (χ1v) is 8.06. The van der Waals surface area contributed by atoms with E-state index in [0.717, 1.165) is 29.6 Å². The van der Waals surface area contributed by atoms with Crippen LogP contribution in [0.2, 0.25) is 0 Å². The largest absolute Gasteiger partial charge is 0.0654 e. The quantitative estimate of drug-likeness (QED) is 0.517. The van der Waals surface area contributed by atoms with Crippen molar-refractivity contribution >= 4 is 0 Å². The molecule has 0 aromatic carbocycles. The lowest BCUT2D eigenvalue weighted by Gasteiger charge is -2.26. The topological polar surface area (TPSA) is 0 Å². The van der Waals surface area contributed by atoms with E-state index in [4.69, 9.17) is 0 Å². The summed E-state index contributed by atoms with van der Waals surface area (Å²) in [4.78, 5) is 0. The van der Waals surface area contributed by atoms with Gasteiger partial charge in [-0.15, -0.1) is 0 Å². The molecule has 0 aliphatic heterocycles. The predicted molar refractivity (Wildman–Crippen MR) is 78.1 cm³/mol. The number of rotatable bonds is 7. The Labute approximate surface area is 110 Å². The Hall–Kier alpha value is 0. The van der Waals surface area contributed by atoms with E-state index in [9.17, 15) is 0 Å². The molecular weight excluding hydrogens is 204 g/mol. The molecule has 1 saturated carbocycles. The minimum atomic E-state index is 0.924. The first-order valence-electron chi connectivity index (χ1n) is 8.06. The molecule has 0 heteroatoms. The lowest BCUT2D eigenvalue weighted by atomic mass is 9.80. The molecule has 0 bridgehead atoms. The van der Waals surface area contributed by atoms with Gasteiger partial charge in [0.25, 0.3) is 0 Å². The maximum absolute atomic E-state index is 2.50. The van der Waals surface area contributed by atoms with Gasteiger partial charge in [0.1, 0.15) is 0 Å². The van der Waals surface area contributed by atoms with E-state index < -0.39 is 0 Å². The fraction of sp³-hybridized carbons (Fsp3) is 1.00. The van der Waals surface area contributed by atoms with Gasteiger partial charge in [-0.2, -0.15) is 0 Å². The van der Waals surface area contributed by atoms with Gasteiger partial charge in [-0.3, -0.25) is 0 Å². The van der Waals surface area contributed by atoms with Crippen molar-refractivity contribution in [2.24, 2.45) is 29.6 Å².